The molecule has 1 aliphatic rings. The second-order valence-corrected chi connectivity index (χ2v) is 6.16. The second-order valence-electron chi connectivity index (χ2n) is 6.16. The minimum Gasteiger partial charge on any atom is -0.493 e. The van der Waals surface area contributed by atoms with Gasteiger partial charge in [-0.2, -0.15) is 0 Å². The van der Waals surface area contributed by atoms with Crippen LogP contribution in [-0.4, -0.2) is 20.3 Å². The van der Waals surface area contributed by atoms with E-state index < -0.39 is 0 Å². The standard InChI is InChI=1S/C18H29NO2/c1-20-17-11-10-14(13-18(17)21-2)12-16(19)15-8-6-4-3-5-7-9-15/h10-11,13,15-16H,3-9,12,19H2,1-2H3. The highest BCUT2D eigenvalue weighted by Crippen LogP contribution is 2.30. The first-order chi connectivity index (χ1) is 10.2. The SMILES string of the molecule is COc1ccc(CC(N)C2CCCCCCC2)cc1OC. The molecule has 1 unspecified atom stereocenters. The Morgan fingerprint density at radius 1 is 1.00 bits per heavy atom. The van der Waals surface area contributed by atoms with E-state index in [2.05, 4.69) is 12.1 Å². The molecule has 2 rings (SSSR count). The zero-order chi connectivity index (χ0) is 15.1. The van der Waals surface area contributed by atoms with Crippen LogP contribution in [0.2, 0.25) is 0 Å². The number of hydrogen-bond acceptors (Lipinski definition) is 3. The third-order valence-electron chi connectivity index (χ3n) is 4.67. The zero-order valence-electron chi connectivity index (χ0n) is 13.4. The van der Waals surface area contributed by atoms with Crippen LogP contribution in [0, 0.1) is 5.92 Å². The fraction of sp³-hybridized carbons (Fsp3) is 0.667. The van der Waals surface area contributed by atoms with E-state index in [0.29, 0.717) is 5.92 Å². The molecule has 0 radical (unpaired) electrons. The quantitative estimate of drug-likeness (QED) is 0.894. The molecule has 0 aromatic heterocycles. The van der Waals surface area contributed by atoms with Gasteiger partial charge >= 0.3 is 0 Å². The van der Waals surface area contributed by atoms with E-state index in [-0.39, 0.29) is 6.04 Å². The van der Waals surface area contributed by atoms with Crippen molar-refractivity contribution in [2.45, 2.75) is 57.4 Å². The molecule has 3 heteroatoms. The third kappa shape index (κ3) is 4.63. The van der Waals surface area contributed by atoms with Crippen LogP contribution in [-0.2, 0) is 6.42 Å². The number of hydrogen-bond donors (Lipinski definition) is 1. The van der Waals surface area contributed by atoms with Gasteiger partial charge in [0.05, 0.1) is 14.2 Å². The lowest BCUT2D eigenvalue weighted by Gasteiger charge is -2.26. The van der Waals surface area contributed by atoms with E-state index in [1.165, 1.54) is 50.5 Å². The Balaban J connectivity index is 1.99. The molecular formula is C18H29NO2. The maximum atomic E-state index is 6.49. The van der Waals surface area contributed by atoms with Crippen LogP contribution >= 0.6 is 0 Å². The summed E-state index contributed by atoms with van der Waals surface area (Å²) in [6.45, 7) is 0. The summed E-state index contributed by atoms with van der Waals surface area (Å²) < 4.78 is 10.7. The Kier molecular flexibility index (Phi) is 6.37. The first-order valence-corrected chi connectivity index (χ1v) is 8.21. The van der Waals surface area contributed by atoms with E-state index in [1.807, 2.05) is 6.07 Å². The molecule has 0 saturated heterocycles. The van der Waals surface area contributed by atoms with Gasteiger partial charge in [0.1, 0.15) is 0 Å². The number of benzene rings is 1. The summed E-state index contributed by atoms with van der Waals surface area (Å²) in [5.74, 6) is 2.24. The van der Waals surface area contributed by atoms with Gasteiger partial charge in [0.15, 0.2) is 11.5 Å². The lowest BCUT2D eigenvalue weighted by molar-refractivity contribution is 0.321. The van der Waals surface area contributed by atoms with E-state index in [0.717, 1.165) is 17.9 Å². The van der Waals surface area contributed by atoms with Gasteiger partial charge in [0.2, 0.25) is 0 Å². The summed E-state index contributed by atoms with van der Waals surface area (Å²) in [5, 5.41) is 0. The van der Waals surface area contributed by atoms with E-state index >= 15 is 0 Å². The normalized spacial score (nSPS) is 18.6. The second kappa shape index (κ2) is 8.28. The molecule has 0 amide bonds. The van der Waals surface area contributed by atoms with Crippen molar-refractivity contribution in [3.8, 4) is 11.5 Å². The van der Waals surface area contributed by atoms with Crippen molar-refractivity contribution in [2.75, 3.05) is 14.2 Å². The summed E-state index contributed by atoms with van der Waals surface area (Å²) in [7, 11) is 3.34. The van der Waals surface area contributed by atoms with Gasteiger partial charge in [-0.15, -0.1) is 0 Å². The maximum Gasteiger partial charge on any atom is 0.160 e. The Morgan fingerprint density at radius 2 is 1.62 bits per heavy atom. The largest absolute Gasteiger partial charge is 0.493 e. The zero-order valence-corrected chi connectivity index (χ0v) is 13.4. The van der Waals surface area contributed by atoms with Crippen LogP contribution < -0.4 is 15.2 Å². The predicted octanol–water partition coefficient (Wildman–Crippen LogP) is 3.93. The monoisotopic (exact) mass is 291 g/mol. The minimum atomic E-state index is 0.251. The number of rotatable bonds is 5. The average Bonchev–Trinajstić information content (AvgIpc) is 2.46. The number of methoxy groups -OCH3 is 2. The van der Waals surface area contributed by atoms with Gasteiger partial charge in [-0.25, -0.2) is 0 Å². The lowest BCUT2D eigenvalue weighted by Crippen LogP contribution is -2.32. The number of ether oxygens (including phenoxy) is 2. The lowest BCUT2D eigenvalue weighted by atomic mass is 9.84. The third-order valence-corrected chi connectivity index (χ3v) is 4.67. The molecule has 1 fully saturated rings. The van der Waals surface area contributed by atoms with Gasteiger partial charge in [-0.3, -0.25) is 0 Å². The summed E-state index contributed by atoms with van der Waals surface area (Å²) in [5.41, 5.74) is 7.73. The van der Waals surface area contributed by atoms with Gasteiger partial charge in [-0.05, 0) is 42.9 Å². The first-order valence-electron chi connectivity index (χ1n) is 8.21. The topological polar surface area (TPSA) is 44.5 Å². The van der Waals surface area contributed by atoms with Crippen molar-refractivity contribution in [1.82, 2.24) is 0 Å². The molecule has 3 nitrogen and oxygen atoms in total. The molecule has 118 valence electrons. The van der Waals surface area contributed by atoms with Gasteiger partial charge in [0, 0.05) is 6.04 Å². The molecule has 0 aliphatic heterocycles. The molecule has 0 spiro atoms. The Labute approximate surface area is 128 Å². The molecule has 1 aromatic carbocycles. The van der Waals surface area contributed by atoms with E-state index in [4.69, 9.17) is 15.2 Å². The van der Waals surface area contributed by atoms with Gasteiger partial charge in [-0.1, -0.05) is 38.2 Å². The van der Waals surface area contributed by atoms with Crippen molar-refractivity contribution in [3.63, 3.8) is 0 Å². The summed E-state index contributed by atoms with van der Waals surface area (Å²) in [6.07, 6.45) is 10.3. The summed E-state index contributed by atoms with van der Waals surface area (Å²) in [6, 6.07) is 6.38. The molecule has 1 aromatic rings. The fourth-order valence-corrected chi connectivity index (χ4v) is 3.36. The van der Waals surface area contributed by atoms with E-state index in [1.54, 1.807) is 14.2 Å². The van der Waals surface area contributed by atoms with Crippen LogP contribution in [0.1, 0.15) is 50.5 Å². The van der Waals surface area contributed by atoms with Crippen LogP contribution in [0.15, 0.2) is 18.2 Å². The van der Waals surface area contributed by atoms with Gasteiger partial charge in [0.25, 0.3) is 0 Å². The Morgan fingerprint density at radius 3 is 2.24 bits per heavy atom. The highest BCUT2D eigenvalue weighted by molar-refractivity contribution is 5.43. The molecule has 1 atom stereocenters. The highest BCUT2D eigenvalue weighted by atomic mass is 16.5. The molecular weight excluding hydrogens is 262 g/mol. The van der Waals surface area contributed by atoms with Crippen LogP contribution in [0.3, 0.4) is 0 Å². The molecule has 21 heavy (non-hydrogen) atoms. The molecule has 2 N–H and O–H groups in total. The molecule has 0 bridgehead atoms. The average molecular weight is 291 g/mol. The van der Waals surface area contributed by atoms with Crippen molar-refractivity contribution < 1.29 is 9.47 Å². The van der Waals surface area contributed by atoms with Crippen LogP contribution in [0.5, 0.6) is 11.5 Å². The molecule has 0 heterocycles. The summed E-state index contributed by atoms with van der Waals surface area (Å²) >= 11 is 0. The van der Waals surface area contributed by atoms with Crippen LogP contribution in [0.4, 0.5) is 0 Å². The highest BCUT2D eigenvalue weighted by Gasteiger charge is 2.19. The summed E-state index contributed by atoms with van der Waals surface area (Å²) in [4.78, 5) is 0. The maximum absolute atomic E-state index is 6.49. The van der Waals surface area contributed by atoms with Crippen molar-refractivity contribution >= 4 is 0 Å². The van der Waals surface area contributed by atoms with Gasteiger partial charge < -0.3 is 15.2 Å². The predicted molar refractivity (Wildman–Crippen MR) is 87.0 cm³/mol. The fourth-order valence-electron chi connectivity index (χ4n) is 3.36. The van der Waals surface area contributed by atoms with Crippen LogP contribution in [0.25, 0.3) is 0 Å². The molecule has 1 aliphatic carbocycles. The molecule has 1 saturated carbocycles. The first kappa shape index (κ1) is 16.2. The number of nitrogens with two attached hydrogens (primary N) is 1. The Hall–Kier alpha value is -1.22. The van der Waals surface area contributed by atoms with Crippen molar-refractivity contribution in [3.05, 3.63) is 23.8 Å². The minimum absolute atomic E-state index is 0.251. The smallest absolute Gasteiger partial charge is 0.160 e. The van der Waals surface area contributed by atoms with Crippen molar-refractivity contribution in [1.29, 1.82) is 0 Å². The van der Waals surface area contributed by atoms with E-state index in [9.17, 15) is 0 Å². The Bertz CT molecular complexity index is 425. The van der Waals surface area contributed by atoms with Crippen molar-refractivity contribution in [2.24, 2.45) is 11.7 Å².